The summed E-state index contributed by atoms with van der Waals surface area (Å²) in [4.78, 5) is 35.8. The molecule has 6 nitrogen and oxygen atoms in total. The third-order valence-corrected chi connectivity index (χ3v) is 3.93. The summed E-state index contributed by atoms with van der Waals surface area (Å²) in [6.45, 7) is 1.36. The summed E-state index contributed by atoms with van der Waals surface area (Å²) >= 11 is 11.6. The van der Waals surface area contributed by atoms with Gasteiger partial charge in [0.25, 0.3) is 5.91 Å². The maximum absolute atomic E-state index is 12.0. The summed E-state index contributed by atoms with van der Waals surface area (Å²) in [5.74, 6) is -1.89. The van der Waals surface area contributed by atoms with Crippen LogP contribution in [0.4, 0.5) is 5.69 Å². The van der Waals surface area contributed by atoms with Crippen molar-refractivity contribution in [3.63, 3.8) is 0 Å². The summed E-state index contributed by atoms with van der Waals surface area (Å²) < 4.78 is 9.86. The minimum absolute atomic E-state index is 0.166. The highest BCUT2D eigenvalue weighted by Crippen LogP contribution is 2.23. The zero-order valence-corrected chi connectivity index (χ0v) is 15.3. The molecule has 0 bridgehead atoms. The number of anilines is 1. The number of halogens is 2. The van der Waals surface area contributed by atoms with Crippen molar-refractivity contribution in [3.05, 3.63) is 63.6 Å². The van der Waals surface area contributed by atoms with Gasteiger partial charge in [0.1, 0.15) is 0 Å². The fraction of sp³-hybridized carbons (Fsp3) is 0.167. The Balaban J connectivity index is 1.98. The molecule has 0 aliphatic carbocycles. The molecule has 0 heterocycles. The molecule has 0 radical (unpaired) electrons. The van der Waals surface area contributed by atoms with Crippen LogP contribution in [0, 0.1) is 0 Å². The van der Waals surface area contributed by atoms with Crippen LogP contribution < -0.4 is 5.32 Å². The van der Waals surface area contributed by atoms with Gasteiger partial charge in [0.05, 0.1) is 33.5 Å². The molecule has 1 N–H and O–H groups in total. The normalized spacial score (nSPS) is 10.1. The smallest absolute Gasteiger partial charge is 0.340 e. The Morgan fingerprint density at radius 2 is 1.69 bits per heavy atom. The molecule has 0 atom stereocenters. The van der Waals surface area contributed by atoms with E-state index in [-0.39, 0.29) is 28.4 Å². The van der Waals surface area contributed by atoms with Gasteiger partial charge in [0.2, 0.25) is 0 Å². The predicted molar refractivity (Wildman–Crippen MR) is 97.8 cm³/mol. The van der Waals surface area contributed by atoms with Gasteiger partial charge in [0.15, 0.2) is 6.61 Å². The lowest BCUT2D eigenvalue weighted by atomic mass is 10.2. The molecule has 136 valence electrons. The third-order valence-electron chi connectivity index (χ3n) is 3.19. The number of ether oxygens (including phenoxy) is 2. The van der Waals surface area contributed by atoms with Gasteiger partial charge in [0, 0.05) is 0 Å². The van der Waals surface area contributed by atoms with E-state index in [4.69, 9.17) is 32.7 Å². The highest BCUT2D eigenvalue weighted by atomic mass is 35.5. The van der Waals surface area contributed by atoms with Crippen molar-refractivity contribution in [2.75, 3.05) is 18.5 Å². The van der Waals surface area contributed by atoms with E-state index in [1.54, 1.807) is 25.1 Å². The minimum Gasteiger partial charge on any atom is -0.462 e. The molecule has 0 aliphatic heterocycles. The Labute approximate surface area is 160 Å². The lowest BCUT2D eigenvalue weighted by Crippen LogP contribution is -2.22. The van der Waals surface area contributed by atoms with E-state index < -0.39 is 24.5 Å². The summed E-state index contributed by atoms with van der Waals surface area (Å²) in [7, 11) is 0. The van der Waals surface area contributed by atoms with E-state index in [2.05, 4.69) is 5.32 Å². The maximum Gasteiger partial charge on any atom is 0.340 e. The lowest BCUT2D eigenvalue weighted by Gasteiger charge is -2.10. The van der Waals surface area contributed by atoms with Gasteiger partial charge in [-0.1, -0.05) is 35.3 Å². The van der Waals surface area contributed by atoms with Crippen LogP contribution in [0.5, 0.6) is 0 Å². The highest BCUT2D eigenvalue weighted by Gasteiger charge is 2.16. The monoisotopic (exact) mass is 395 g/mol. The van der Waals surface area contributed by atoms with Gasteiger partial charge in [-0.3, -0.25) is 4.79 Å². The van der Waals surface area contributed by atoms with Crippen molar-refractivity contribution < 1.29 is 23.9 Å². The molecule has 8 heteroatoms. The van der Waals surface area contributed by atoms with Crippen LogP contribution in [0.1, 0.15) is 27.6 Å². The van der Waals surface area contributed by atoms with Crippen molar-refractivity contribution in [1.29, 1.82) is 0 Å². The van der Waals surface area contributed by atoms with Crippen LogP contribution in [0.15, 0.2) is 42.5 Å². The van der Waals surface area contributed by atoms with Gasteiger partial charge in [-0.15, -0.1) is 0 Å². The summed E-state index contributed by atoms with van der Waals surface area (Å²) in [6.07, 6.45) is 0. The summed E-state index contributed by atoms with van der Waals surface area (Å²) in [5.41, 5.74) is 0.638. The number of carbonyl (C=O) groups is 3. The number of carbonyl (C=O) groups excluding carboxylic acids is 3. The van der Waals surface area contributed by atoms with Gasteiger partial charge < -0.3 is 14.8 Å². The molecule has 2 aromatic carbocycles. The average Bonchev–Trinajstić information content (AvgIpc) is 2.62. The molecular formula is C18H15Cl2NO5. The van der Waals surface area contributed by atoms with E-state index in [0.29, 0.717) is 5.02 Å². The van der Waals surface area contributed by atoms with Crippen molar-refractivity contribution in [1.82, 2.24) is 0 Å². The second-order valence-electron chi connectivity index (χ2n) is 5.02. The Morgan fingerprint density at radius 3 is 2.38 bits per heavy atom. The van der Waals surface area contributed by atoms with Crippen molar-refractivity contribution >= 4 is 46.7 Å². The fourth-order valence-corrected chi connectivity index (χ4v) is 2.30. The number of nitrogens with one attached hydrogen (secondary N) is 1. The van der Waals surface area contributed by atoms with Crippen LogP contribution in [0.25, 0.3) is 0 Å². The quantitative estimate of drug-likeness (QED) is 0.748. The molecule has 0 saturated heterocycles. The number of esters is 2. The molecule has 2 rings (SSSR count). The minimum atomic E-state index is -0.725. The Hall–Kier alpha value is -2.57. The van der Waals surface area contributed by atoms with Crippen molar-refractivity contribution in [3.8, 4) is 0 Å². The van der Waals surface area contributed by atoms with E-state index in [1.807, 2.05) is 0 Å². The number of hydrogen-bond acceptors (Lipinski definition) is 5. The number of rotatable bonds is 6. The molecular weight excluding hydrogens is 381 g/mol. The molecule has 0 aliphatic rings. The first kappa shape index (κ1) is 19.8. The number of amides is 1. The second kappa shape index (κ2) is 9.22. The van der Waals surface area contributed by atoms with Crippen LogP contribution in [-0.4, -0.2) is 31.1 Å². The lowest BCUT2D eigenvalue weighted by molar-refractivity contribution is -0.119. The number of para-hydroxylation sites is 1. The SMILES string of the molecule is CCOC(=O)c1ccccc1NC(=O)COC(=O)c1ccc(Cl)c(Cl)c1. The maximum atomic E-state index is 12.0. The molecule has 0 saturated carbocycles. The topological polar surface area (TPSA) is 81.7 Å². The van der Waals surface area contributed by atoms with Crippen LogP contribution in [0.2, 0.25) is 10.0 Å². The second-order valence-corrected chi connectivity index (χ2v) is 5.83. The van der Waals surface area contributed by atoms with Crippen LogP contribution in [0.3, 0.4) is 0 Å². The first-order chi connectivity index (χ1) is 12.4. The summed E-state index contributed by atoms with van der Waals surface area (Å²) in [5, 5.41) is 3.02. The van der Waals surface area contributed by atoms with E-state index in [0.717, 1.165) is 0 Å². The highest BCUT2D eigenvalue weighted by molar-refractivity contribution is 6.42. The molecule has 1 amide bonds. The van der Waals surface area contributed by atoms with Crippen LogP contribution in [-0.2, 0) is 14.3 Å². The first-order valence-corrected chi connectivity index (χ1v) is 8.36. The zero-order chi connectivity index (χ0) is 19.1. The Kier molecular flexibility index (Phi) is 7.00. The molecule has 0 aromatic heterocycles. The first-order valence-electron chi connectivity index (χ1n) is 7.60. The number of benzene rings is 2. The summed E-state index contributed by atoms with van der Waals surface area (Å²) in [6, 6.07) is 10.6. The zero-order valence-electron chi connectivity index (χ0n) is 13.8. The van der Waals surface area contributed by atoms with Gasteiger partial charge in [-0.2, -0.15) is 0 Å². The van der Waals surface area contributed by atoms with Crippen molar-refractivity contribution in [2.24, 2.45) is 0 Å². The average molecular weight is 396 g/mol. The van der Waals surface area contributed by atoms with Gasteiger partial charge >= 0.3 is 11.9 Å². The third kappa shape index (κ3) is 5.21. The molecule has 0 spiro atoms. The largest absolute Gasteiger partial charge is 0.462 e. The molecule has 0 fully saturated rings. The Morgan fingerprint density at radius 1 is 0.962 bits per heavy atom. The fourth-order valence-electron chi connectivity index (χ4n) is 2.00. The standard InChI is InChI=1S/C18H15Cl2NO5/c1-2-25-18(24)12-5-3-4-6-15(12)21-16(22)10-26-17(23)11-7-8-13(19)14(20)9-11/h3-9H,2,10H2,1H3,(H,21,22). The van der Waals surface area contributed by atoms with Gasteiger partial charge in [-0.25, -0.2) is 9.59 Å². The van der Waals surface area contributed by atoms with E-state index >= 15 is 0 Å². The predicted octanol–water partition coefficient (Wildman–Crippen LogP) is 3.97. The number of hydrogen-bond donors (Lipinski definition) is 1. The van der Waals surface area contributed by atoms with Gasteiger partial charge in [-0.05, 0) is 37.3 Å². The van der Waals surface area contributed by atoms with E-state index in [9.17, 15) is 14.4 Å². The van der Waals surface area contributed by atoms with Crippen molar-refractivity contribution in [2.45, 2.75) is 6.92 Å². The van der Waals surface area contributed by atoms with E-state index in [1.165, 1.54) is 24.3 Å². The molecule has 26 heavy (non-hydrogen) atoms. The Bertz CT molecular complexity index is 838. The van der Waals surface area contributed by atoms with Crippen LogP contribution >= 0.6 is 23.2 Å². The molecule has 2 aromatic rings. The molecule has 0 unspecified atom stereocenters.